The van der Waals surface area contributed by atoms with Crippen molar-refractivity contribution in [3.8, 4) is 17.1 Å². The lowest BCUT2D eigenvalue weighted by atomic mass is 10.1. The summed E-state index contributed by atoms with van der Waals surface area (Å²) < 4.78 is 6.26. The highest BCUT2D eigenvalue weighted by Crippen LogP contribution is 2.34. The molecule has 2 aromatic heterocycles. The van der Waals surface area contributed by atoms with Crippen LogP contribution in [0.25, 0.3) is 21.3 Å². The Hall–Kier alpha value is -2.25. The minimum Gasteiger partial charge on any atom is -0.467 e. The van der Waals surface area contributed by atoms with Crippen LogP contribution in [0.5, 0.6) is 6.01 Å². The van der Waals surface area contributed by atoms with Gasteiger partial charge in [-0.2, -0.15) is 0 Å². The van der Waals surface area contributed by atoms with Gasteiger partial charge in [0, 0.05) is 37.1 Å². The minimum absolute atomic E-state index is 0.391. The van der Waals surface area contributed by atoms with E-state index in [0.717, 1.165) is 34.9 Å². The molecule has 2 aliphatic rings. The van der Waals surface area contributed by atoms with Gasteiger partial charge in [0.2, 0.25) is 0 Å². The number of thiazole rings is 1. The molecule has 0 saturated carbocycles. The van der Waals surface area contributed by atoms with E-state index in [1.807, 2.05) is 0 Å². The Bertz CT molecular complexity index is 951. The third-order valence-electron chi connectivity index (χ3n) is 5.86. The summed E-state index contributed by atoms with van der Waals surface area (Å²) in [6.07, 6.45) is 8.97. The molecule has 0 aliphatic carbocycles. The fraction of sp³-hybridized carbons (Fsp3) is 0.476. The molecule has 0 amide bonds. The maximum absolute atomic E-state index is 5.05. The summed E-state index contributed by atoms with van der Waals surface area (Å²) >= 11 is 1.79. The molecule has 6 nitrogen and oxygen atoms in total. The van der Waals surface area contributed by atoms with Crippen molar-refractivity contribution in [1.29, 1.82) is 0 Å². The maximum atomic E-state index is 5.05. The number of piperidine rings is 1. The monoisotopic (exact) mass is 395 g/mol. The number of hydrogen-bond donors (Lipinski definition) is 0. The van der Waals surface area contributed by atoms with Gasteiger partial charge in [-0.25, -0.2) is 15.0 Å². The van der Waals surface area contributed by atoms with Crippen molar-refractivity contribution in [3.63, 3.8) is 0 Å². The minimum atomic E-state index is 0.391. The standard InChI is InChI=1S/C21H25N5OS/c1-27-20-22-12-16(13-23-20)15-5-6-18-19(11-15)28-21(24-18)26-10-7-17(14-26)25-8-3-2-4-9-25/h5-6,11-13,17H,2-4,7-10,14H2,1H3. The summed E-state index contributed by atoms with van der Waals surface area (Å²) in [4.78, 5) is 18.5. The Morgan fingerprint density at radius 1 is 1.04 bits per heavy atom. The first-order valence-corrected chi connectivity index (χ1v) is 10.9. The van der Waals surface area contributed by atoms with Gasteiger partial charge in [0.1, 0.15) is 0 Å². The van der Waals surface area contributed by atoms with Crippen LogP contribution in [0, 0.1) is 0 Å². The zero-order valence-corrected chi connectivity index (χ0v) is 17.0. The molecule has 0 spiro atoms. The molecule has 1 unspecified atom stereocenters. The molecule has 28 heavy (non-hydrogen) atoms. The summed E-state index contributed by atoms with van der Waals surface area (Å²) in [5.41, 5.74) is 3.17. The van der Waals surface area contributed by atoms with Crippen molar-refractivity contribution in [2.75, 3.05) is 38.2 Å². The summed E-state index contributed by atoms with van der Waals surface area (Å²) in [6, 6.07) is 7.48. The van der Waals surface area contributed by atoms with Crippen LogP contribution in [-0.2, 0) is 0 Å². The molecule has 0 N–H and O–H groups in total. The molecule has 2 fully saturated rings. The number of nitrogens with zero attached hydrogens (tertiary/aromatic N) is 5. The highest BCUT2D eigenvalue weighted by atomic mass is 32.1. The Labute approximate surface area is 169 Å². The van der Waals surface area contributed by atoms with E-state index in [-0.39, 0.29) is 0 Å². The van der Waals surface area contributed by atoms with Crippen LogP contribution in [0.4, 0.5) is 5.13 Å². The number of methoxy groups -OCH3 is 1. The molecule has 1 atom stereocenters. The molecule has 2 aliphatic heterocycles. The maximum Gasteiger partial charge on any atom is 0.316 e. The Morgan fingerprint density at radius 3 is 2.64 bits per heavy atom. The summed E-state index contributed by atoms with van der Waals surface area (Å²) in [5.74, 6) is 0. The van der Waals surface area contributed by atoms with Gasteiger partial charge >= 0.3 is 6.01 Å². The Kier molecular flexibility index (Phi) is 4.86. The second kappa shape index (κ2) is 7.64. The number of likely N-dealkylation sites (tertiary alicyclic amines) is 1. The molecular formula is C21H25N5OS. The van der Waals surface area contributed by atoms with E-state index in [1.54, 1.807) is 30.8 Å². The molecular weight excluding hydrogens is 370 g/mol. The quantitative estimate of drug-likeness (QED) is 0.669. The van der Waals surface area contributed by atoms with E-state index >= 15 is 0 Å². The normalized spacial score (nSPS) is 20.8. The number of fused-ring (bicyclic) bond motifs is 1. The molecule has 146 valence electrons. The molecule has 3 aromatic rings. The van der Waals surface area contributed by atoms with Crippen molar-refractivity contribution in [2.45, 2.75) is 31.7 Å². The smallest absolute Gasteiger partial charge is 0.316 e. The van der Waals surface area contributed by atoms with Crippen molar-refractivity contribution < 1.29 is 4.74 Å². The molecule has 7 heteroatoms. The molecule has 1 aromatic carbocycles. The summed E-state index contributed by atoms with van der Waals surface area (Å²) in [7, 11) is 1.58. The van der Waals surface area contributed by atoms with E-state index in [9.17, 15) is 0 Å². The lowest BCUT2D eigenvalue weighted by molar-refractivity contribution is 0.175. The van der Waals surface area contributed by atoms with E-state index in [4.69, 9.17) is 9.72 Å². The number of aromatic nitrogens is 3. The second-order valence-electron chi connectivity index (χ2n) is 7.62. The van der Waals surface area contributed by atoms with E-state index < -0.39 is 0 Å². The summed E-state index contributed by atoms with van der Waals surface area (Å²) in [5, 5.41) is 1.15. The SMILES string of the molecule is COc1ncc(-c2ccc3nc(N4CCC(N5CCCCC5)C4)sc3c2)cn1. The van der Waals surface area contributed by atoms with Crippen LogP contribution >= 0.6 is 11.3 Å². The highest BCUT2D eigenvalue weighted by molar-refractivity contribution is 7.22. The Morgan fingerprint density at radius 2 is 1.86 bits per heavy atom. The first-order chi connectivity index (χ1) is 13.8. The third-order valence-corrected chi connectivity index (χ3v) is 6.94. The first kappa shape index (κ1) is 17.8. The molecule has 2 saturated heterocycles. The average molecular weight is 396 g/mol. The first-order valence-electron chi connectivity index (χ1n) is 10.1. The van der Waals surface area contributed by atoms with Crippen molar-refractivity contribution in [1.82, 2.24) is 19.9 Å². The number of anilines is 1. The predicted octanol–water partition coefficient (Wildman–Crippen LogP) is 3.83. The van der Waals surface area contributed by atoms with Crippen molar-refractivity contribution in [2.24, 2.45) is 0 Å². The largest absolute Gasteiger partial charge is 0.467 e. The van der Waals surface area contributed by atoms with E-state index in [2.05, 4.69) is 38.0 Å². The van der Waals surface area contributed by atoms with Crippen LogP contribution in [0.1, 0.15) is 25.7 Å². The van der Waals surface area contributed by atoms with Gasteiger partial charge in [0.05, 0.1) is 17.3 Å². The van der Waals surface area contributed by atoms with Gasteiger partial charge in [0.15, 0.2) is 5.13 Å². The van der Waals surface area contributed by atoms with E-state index in [1.165, 1.54) is 43.5 Å². The van der Waals surface area contributed by atoms with Gasteiger partial charge in [-0.05, 0) is 50.0 Å². The van der Waals surface area contributed by atoms with Crippen LogP contribution < -0.4 is 9.64 Å². The lowest BCUT2D eigenvalue weighted by Gasteiger charge is -2.32. The van der Waals surface area contributed by atoms with Crippen molar-refractivity contribution in [3.05, 3.63) is 30.6 Å². The van der Waals surface area contributed by atoms with Gasteiger partial charge in [-0.3, -0.25) is 4.90 Å². The second-order valence-corrected chi connectivity index (χ2v) is 8.63. The fourth-order valence-corrected chi connectivity index (χ4v) is 5.33. The molecule has 5 rings (SSSR count). The number of hydrogen-bond acceptors (Lipinski definition) is 7. The topological polar surface area (TPSA) is 54.4 Å². The predicted molar refractivity (Wildman–Crippen MR) is 113 cm³/mol. The zero-order valence-electron chi connectivity index (χ0n) is 16.2. The number of rotatable bonds is 4. The molecule has 0 bridgehead atoms. The lowest BCUT2D eigenvalue weighted by Crippen LogP contribution is -2.40. The van der Waals surface area contributed by atoms with Gasteiger partial charge in [-0.15, -0.1) is 0 Å². The number of ether oxygens (including phenoxy) is 1. The Balaban J connectivity index is 1.35. The van der Waals surface area contributed by atoms with Gasteiger partial charge in [-0.1, -0.05) is 23.8 Å². The average Bonchev–Trinajstić information content (AvgIpc) is 3.41. The number of benzene rings is 1. The molecule has 0 radical (unpaired) electrons. The summed E-state index contributed by atoms with van der Waals surface area (Å²) in [6.45, 7) is 4.76. The van der Waals surface area contributed by atoms with Crippen molar-refractivity contribution >= 4 is 26.7 Å². The van der Waals surface area contributed by atoms with Gasteiger partial charge < -0.3 is 9.64 Å². The van der Waals surface area contributed by atoms with Crippen LogP contribution in [0.3, 0.4) is 0 Å². The zero-order chi connectivity index (χ0) is 18.9. The van der Waals surface area contributed by atoms with E-state index in [0.29, 0.717) is 12.1 Å². The highest BCUT2D eigenvalue weighted by Gasteiger charge is 2.29. The van der Waals surface area contributed by atoms with Crippen LogP contribution in [0.2, 0.25) is 0 Å². The third kappa shape index (κ3) is 3.44. The van der Waals surface area contributed by atoms with Gasteiger partial charge in [0.25, 0.3) is 0 Å². The fourth-order valence-electron chi connectivity index (χ4n) is 4.30. The van der Waals surface area contributed by atoms with Crippen LogP contribution in [-0.4, -0.2) is 59.2 Å². The molecule has 4 heterocycles. The van der Waals surface area contributed by atoms with Crippen LogP contribution in [0.15, 0.2) is 30.6 Å².